The molecule has 3 fully saturated rings. The summed E-state index contributed by atoms with van der Waals surface area (Å²) in [5.74, 6) is 0.860. The lowest BCUT2D eigenvalue weighted by molar-refractivity contribution is 0.0285. The van der Waals surface area contributed by atoms with Crippen LogP contribution in [-0.4, -0.2) is 43.2 Å². The molecule has 0 spiro atoms. The molecule has 8 nitrogen and oxygen atoms in total. The van der Waals surface area contributed by atoms with Gasteiger partial charge in [-0.3, -0.25) is 0 Å². The van der Waals surface area contributed by atoms with Crippen molar-refractivity contribution in [2.24, 2.45) is 0 Å². The molecule has 9 heteroatoms. The molecular weight excluding hydrogens is 454 g/mol. The number of amides is 1. The molecule has 3 aliphatic rings. The fourth-order valence-electron chi connectivity index (χ4n) is 5.29. The second-order valence-electron chi connectivity index (χ2n) is 9.70. The highest BCUT2D eigenvalue weighted by molar-refractivity contribution is 6.32. The Bertz CT molecular complexity index is 1310. The Kier molecular flexibility index (Phi) is 4.92. The van der Waals surface area contributed by atoms with Crippen LogP contribution in [-0.2, 0) is 4.74 Å². The summed E-state index contributed by atoms with van der Waals surface area (Å²) < 4.78 is 14.0. The second kappa shape index (κ2) is 7.88. The number of ether oxygens (including phenoxy) is 2. The number of carbonyl (C=O) groups is 1. The van der Waals surface area contributed by atoms with Gasteiger partial charge >= 0.3 is 6.09 Å². The van der Waals surface area contributed by atoms with Crippen molar-refractivity contribution in [1.82, 2.24) is 19.4 Å². The average Bonchev–Trinajstić information content (AvgIpc) is 3.27. The molecule has 6 rings (SSSR count). The Morgan fingerprint density at radius 2 is 1.94 bits per heavy atom. The summed E-state index contributed by atoms with van der Waals surface area (Å²) in [6.45, 7) is 9.13. The van der Waals surface area contributed by atoms with Crippen LogP contribution in [0.5, 0.6) is 11.6 Å². The number of rotatable bonds is 4. The first kappa shape index (κ1) is 21.2. The van der Waals surface area contributed by atoms with E-state index in [0.29, 0.717) is 22.3 Å². The molecule has 4 heterocycles. The molecule has 174 valence electrons. The van der Waals surface area contributed by atoms with Gasteiger partial charge in [0.25, 0.3) is 0 Å². The van der Waals surface area contributed by atoms with Crippen molar-refractivity contribution in [3.8, 4) is 11.6 Å². The lowest BCUT2D eigenvalue weighted by Gasteiger charge is -2.39. The summed E-state index contributed by atoms with van der Waals surface area (Å²) in [4.78, 5) is 27.1. The summed E-state index contributed by atoms with van der Waals surface area (Å²) >= 11 is 6.30. The third-order valence-electron chi connectivity index (χ3n) is 7.32. The van der Waals surface area contributed by atoms with Crippen molar-refractivity contribution in [2.45, 2.75) is 69.2 Å². The maximum Gasteiger partial charge on any atom is 0.410 e. The Labute approximate surface area is 202 Å². The van der Waals surface area contributed by atoms with Gasteiger partial charge in [0.1, 0.15) is 23.3 Å². The quantitative estimate of drug-likeness (QED) is 0.413. The fraction of sp³-hybridized carbons (Fsp3) is 0.440. The zero-order valence-corrected chi connectivity index (χ0v) is 19.5. The van der Waals surface area contributed by atoms with Crippen LogP contribution in [0.25, 0.3) is 15.9 Å². The summed E-state index contributed by atoms with van der Waals surface area (Å²) in [6, 6.07) is 7.49. The molecule has 2 bridgehead atoms. The number of hydrogen-bond donors (Lipinski definition) is 0. The first-order chi connectivity index (χ1) is 16.4. The predicted molar refractivity (Wildman–Crippen MR) is 126 cm³/mol. The lowest BCUT2D eigenvalue weighted by Crippen LogP contribution is -2.48. The largest absolute Gasteiger partial charge is 0.443 e. The summed E-state index contributed by atoms with van der Waals surface area (Å²) in [5.41, 5.74) is 0.994. The SMILES string of the molecule is [C-]#[N+]c1ccc(Oc2ncnc3c2ccn3C2CC3CCC(C2)N3C(=O)OC2(C)CC2)c(Cl)c1. The van der Waals surface area contributed by atoms with E-state index in [2.05, 4.69) is 19.4 Å². The summed E-state index contributed by atoms with van der Waals surface area (Å²) in [6.07, 6.45) is 9.04. The molecule has 2 unspecified atom stereocenters. The molecule has 1 saturated carbocycles. The maximum absolute atomic E-state index is 12.8. The van der Waals surface area contributed by atoms with Crippen LogP contribution < -0.4 is 4.74 Å². The van der Waals surface area contributed by atoms with Crippen molar-refractivity contribution < 1.29 is 14.3 Å². The fourth-order valence-corrected chi connectivity index (χ4v) is 5.50. The second-order valence-corrected chi connectivity index (χ2v) is 10.1. The van der Waals surface area contributed by atoms with Gasteiger partial charge in [-0.25, -0.2) is 19.6 Å². The number of nitrogens with zero attached hydrogens (tertiary/aromatic N) is 5. The molecule has 2 atom stereocenters. The topological polar surface area (TPSA) is 73.8 Å². The van der Waals surface area contributed by atoms with Gasteiger partial charge in [0.05, 0.1) is 17.0 Å². The summed E-state index contributed by atoms with van der Waals surface area (Å²) in [7, 11) is 0. The molecular formula is C25H24ClN5O3. The van der Waals surface area contributed by atoms with Gasteiger partial charge < -0.3 is 18.9 Å². The van der Waals surface area contributed by atoms with Crippen LogP contribution >= 0.6 is 11.6 Å². The van der Waals surface area contributed by atoms with Crippen molar-refractivity contribution in [1.29, 1.82) is 0 Å². The number of benzene rings is 1. The van der Waals surface area contributed by atoms with E-state index < -0.39 is 0 Å². The standard InChI is InChI=1S/C25H24ClN5O3/c1-25(8-9-25)34-24(32)31-16-4-5-17(31)13-18(12-16)30-10-7-19-22(30)28-14-29-23(19)33-21-6-3-15(27-2)11-20(21)26/h3,6-7,10-11,14,16-18H,4-5,8-9,12-13H2,1H3. The van der Waals surface area contributed by atoms with Crippen LogP contribution in [0, 0.1) is 6.57 Å². The molecule has 1 aromatic carbocycles. The van der Waals surface area contributed by atoms with Crippen molar-refractivity contribution in [2.75, 3.05) is 0 Å². The Balaban J connectivity index is 1.24. The third-order valence-corrected chi connectivity index (χ3v) is 7.62. The first-order valence-electron chi connectivity index (χ1n) is 11.6. The van der Waals surface area contributed by atoms with E-state index in [1.165, 1.54) is 6.33 Å². The molecule has 0 N–H and O–H groups in total. The minimum Gasteiger partial charge on any atom is -0.443 e. The Morgan fingerprint density at radius 1 is 1.18 bits per heavy atom. The van der Waals surface area contributed by atoms with Crippen molar-refractivity contribution in [3.63, 3.8) is 0 Å². The van der Waals surface area contributed by atoms with Crippen LogP contribution in [0.3, 0.4) is 0 Å². The molecule has 2 aliphatic heterocycles. The van der Waals surface area contributed by atoms with Gasteiger partial charge in [0.15, 0.2) is 5.69 Å². The number of hydrogen-bond acceptors (Lipinski definition) is 5. The monoisotopic (exact) mass is 477 g/mol. The molecule has 3 aromatic rings. The number of carbonyl (C=O) groups excluding carboxylic acids is 1. The van der Waals surface area contributed by atoms with Crippen LogP contribution in [0.2, 0.25) is 5.02 Å². The molecule has 2 saturated heterocycles. The van der Waals surface area contributed by atoms with Crippen LogP contribution in [0.1, 0.15) is 51.5 Å². The maximum atomic E-state index is 12.8. The Hall–Kier alpha value is -3.31. The van der Waals surface area contributed by atoms with Crippen LogP contribution in [0.15, 0.2) is 36.8 Å². The summed E-state index contributed by atoms with van der Waals surface area (Å²) in [5, 5.41) is 1.15. The van der Waals surface area contributed by atoms with E-state index in [1.807, 2.05) is 24.1 Å². The smallest absolute Gasteiger partial charge is 0.410 e. The predicted octanol–water partition coefficient (Wildman–Crippen LogP) is 6.28. The van der Waals surface area contributed by atoms with Gasteiger partial charge in [-0.15, -0.1) is 0 Å². The number of fused-ring (bicyclic) bond motifs is 3. The molecule has 34 heavy (non-hydrogen) atoms. The van der Waals surface area contributed by atoms with Gasteiger partial charge in [0.2, 0.25) is 5.88 Å². The van der Waals surface area contributed by atoms with Crippen molar-refractivity contribution >= 4 is 34.4 Å². The van der Waals surface area contributed by atoms with Gasteiger partial charge in [-0.1, -0.05) is 17.7 Å². The highest BCUT2D eigenvalue weighted by Gasteiger charge is 2.48. The number of halogens is 1. The van der Waals surface area contributed by atoms with E-state index in [-0.39, 0.29) is 29.8 Å². The van der Waals surface area contributed by atoms with E-state index in [9.17, 15) is 4.79 Å². The number of piperidine rings is 1. The molecule has 1 amide bonds. The van der Waals surface area contributed by atoms with Gasteiger partial charge in [-0.05, 0) is 63.6 Å². The van der Waals surface area contributed by atoms with Crippen LogP contribution in [0.4, 0.5) is 10.5 Å². The molecule has 0 radical (unpaired) electrons. The van der Waals surface area contributed by atoms with Gasteiger partial charge in [-0.2, -0.15) is 0 Å². The van der Waals surface area contributed by atoms with E-state index in [0.717, 1.165) is 49.6 Å². The average molecular weight is 478 g/mol. The highest BCUT2D eigenvalue weighted by atomic mass is 35.5. The van der Waals surface area contributed by atoms with Gasteiger partial charge in [0, 0.05) is 24.3 Å². The number of aromatic nitrogens is 3. The zero-order valence-electron chi connectivity index (χ0n) is 18.8. The zero-order chi connectivity index (χ0) is 23.4. The molecule has 1 aliphatic carbocycles. The van der Waals surface area contributed by atoms with E-state index in [1.54, 1.807) is 18.2 Å². The highest BCUT2D eigenvalue weighted by Crippen LogP contribution is 2.45. The first-order valence-corrected chi connectivity index (χ1v) is 12.0. The van der Waals surface area contributed by atoms with E-state index >= 15 is 0 Å². The Morgan fingerprint density at radius 3 is 2.62 bits per heavy atom. The minimum absolute atomic E-state index is 0.151. The third kappa shape index (κ3) is 3.64. The minimum atomic E-state index is -0.253. The normalized spacial score (nSPS) is 24.6. The van der Waals surface area contributed by atoms with E-state index in [4.69, 9.17) is 27.6 Å². The van der Waals surface area contributed by atoms with Crippen molar-refractivity contribution in [3.05, 3.63) is 53.2 Å². The molecule has 2 aromatic heterocycles. The lowest BCUT2D eigenvalue weighted by atomic mass is 9.97.